The minimum absolute atomic E-state index is 0.0695. The third-order valence-corrected chi connectivity index (χ3v) is 5.62. The summed E-state index contributed by atoms with van der Waals surface area (Å²) in [6, 6.07) is 15.0. The van der Waals surface area contributed by atoms with Gasteiger partial charge in [-0.1, -0.05) is 48.5 Å². The van der Waals surface area contributed by atoms with Crippen LogP contribution >= 0.6 is 11.8 Å². The Morgan fingerprint density at radius 1 is 1.07 bits per heavy atom. The Kier molecular flexibility index (Phi) is 7.35. The maximum atomic E-state index is 12.1. The summed E-state index contributed by atoms with van der Waals surface area (Å²) in [7, 11) is 0. The quantitative estimate of drug-likeness (QED) is 0.567. The van der Waals surface area contributed by atoms with Gasteiger partial charge in [-0.05, 0) is 40.7 Å². The molecule has 1 aliphatic carbocycles. The second kappa shape index (κ2) is 10.2. The summed E-state index contributed by atoms with van der Waals surface area (Å²) in [5.41, 5.74) is 4.46. The molecule has 1 aliphatic rings. The highest BCUT2D eigenvalue weighted by molar-refractivity contribution is 7.98. The normalized spacial score (nSPS) is 13.1. The number of fused-ring (bicyclic) bond motifs is 3. The molecule has 158 valence electrons. The van der Waals surface area contributed by atoms with Gasteiger partial charge in [-0.2, -0.15) is 11.8 Å². The summed E-state index contributed by atoms with van der Waals surface area (Å²) in [6.45, 7) is -0.202. The second-order valence-corrected chi connectivity index (χ2v) is 7.90. The number of carbonyl (C=O) groups is 3. The number of thioether (sulfide) groups is 1. The first-order valence-electron chi connectivity index (χ1n) is 9.61. The molecule has 3 rings (SSSR count). The van der Waals surface area contributed by atoms with Gasteiger partial charge in [0.25, 0.3) is 0 Å². The molecular formula is C22H24N2O5S. The highest BCUT2D eigenvalue weighted by Crippen LogP contribution is 2.44. The van der Waals surface area contributed by atoms with Gasteiger partial charge >= 0.3 is 12.1 Å². The van der Waals surface area contributed by atoms with E-state index in [2.05, 4.69) is 22.8 Å². The van der Waals surface area contributed by atoms with E-state index in [1.165, 1.54) is 11.8 Å². The van der Waals surface area contributed by atoms with E-state index in [9.17, 15) is 14.4 Å². The molecule has 1 atom stereocenters. The molecule has 2 amide bonds. The zero-order valence-corrected chi connectivity index (χ0v) is 17.4. The first-order valence-corrected chi connectivity index (χ1v) is 11.0. The Bertz CT molecular complexity index is 888. The lowest BCUT2D eigenvalue weighted by Crippen LogP contribution is -2.45. The minimum Gasteiger partial charge on any atom is -0.480 e. The summed E-state index contributed by atoms with van der Waals surface area (Å²) in [4.78, 5) is 35.2. The van der Waals surface area contributed by atoms with Crippen molar-refractivity contribution in [2.45, 2.75) is 18.4 Å². The number of hydrogen-bond acceptors (Lipinski definition) is 5. The van der Waals surface area contributed by atoms with Gasteiger partial charge in [-0.25, -0.2) is 9.59 Å². The molecule has 0 radical (unpaired) electrons. The van der Waals surface area contributed by atoms with Crippen LogP contribution in [-0.2, 0) is 14.3 Å². The van der Waals surface area contributed by atoms with Crippen LogP contribution < -0.4 is 10.6 Å². The summed E-state index contributed by atoms with van der Waals surface area (Å²) in [5, 5.41) is 13.9. The molecule has 3 N–H and O–H groups in total. The first kappa shape index (κ1) is 21.7. The number of carboxylic acid groups (broad SMARTS) is 1. The van der Waals surface area contributed by atoms with E-state index >= 15 is 0 Å². The topological polar surface area (TPSA) is 105 Å². The monoisotopic (exact) mass is 428 g/mol. The summed E-state index contributed by atoms with van der Waals surface area (Å²) in [5.74, 6) is -1.13. The maximum absolute atomic E-state index is 12.1. The average Bonchev–Trinajstić information content (AvgIpc) is 3.07. The molecule has 0 aliphatic heterocycles. The van der Waals surface area contributed by atoms with Crippen molar-refractivity contribution in [1.82, 2.24) is 10.6 Å². The van der Waals surface area contributed by atoms with Crippen LogP contribution in [0.3, 0.4) is 0 Å². The van der Waals surface area contributed by atoms with Crippen LogP contribution in [0.25, 0.3) is 11.1 Å². The number of nitrogens with one attached hydrogen (secondary N) is 2. The van der Waals surface area contributed by atoms with E-state index in [4.69, 9.17) is 9.84 Å². The van der Waals surface area contributed by atoms with E-state index in [-0.39, 0.29) is 19.1 Å². The van der Waals surface area contributed by atoms with Gasteiger partial charge in [0.1, 0.15) is 19.2 Å². The zero-order chi connectivity index (χ0) is 21.5. The van der Waals surface area contributed by atoms with Crippen molar-refractivity contribution in [2.75, 3.05) is 25.2 Å². The van der Waals surface area contributed by atoms with E-state index in [1.807, 2.05) is 42.7 Å². The van der Waals surface area contributed by atoms with Crippen LogP contribution in [-0.4, -0.2) is 54.3 Å². The number of hydrogen-bond donors (Lipinski definition) is 3. The molecule has 8 heteroatoms. The lowest BCUT2D eigenvalue weighted by Gasteiger charge is -2.16. The summed E-state index contributed by atoms with van der Waals surface area (Å²) in [6.07, 6.45) is 1.45. The van der Waals surface area contributed by atoms with Crippen molar-refractivity contribution in [3.05, 3.63) is 59.7 Å². The van der Waals surface area contributed by atoms with Crippen LogP contribution in [0.4, 0.5) is 4.79 Å². The van der Waals surface area contributed by atoms with Crippen molar-refractivity contribution in [2.24, 2.45) is 0 Å². The molecule has 0 saturated carbocycles. The fourth-order valence-corrected chi connectivity index (χ4v) is 4.01. The molecular weight excluding hydrogens is 404 g/mol. The molecule has 0 heterocycles. The predicted octanol–water partition coefficient (Wildman–Crippen LogP) is 2.85. The number of ether oxygens (including phenoxy) is 1. The van der Waals surface area contributed by atoms with Gasteiger partial charge in [0, 0.05) is 5.92 Å². The fourth-order valence-electron chi connectivity index (χ4n) is 3.54. The number of carboxylic acids is 1. The molecule has 0 spiro atoms. The second-order valence-electron chi connectivity index (χ2n) is 6.92. The lowest BCUT2D eigenvalue weighted by molar-refractivity contribution is -0.141. The predicted molar refractivity (Wildman–Crippen MR) is 116 cm³/mol. The third-order valence-electron chi connectivity index (χ3n) is 4.98. The van der Waals surface area contributed by atoms with Gasteiger partial charge in [0.05, 0.1) is 0 Å². The Morgan fingerprint density at radius 3 is 2.23 bits per heavy atom. The standard InChI is InChI=1S/C22H24N2O5S/c1-30-11-10-19(21(26)27)24-20(25)12-23-22(28)29-13-18-16-8-4-2-6-14(16)15-7-3-5-9-17(15)18/h2-9,18-19H,10-13H2,1H3,(H,23,28)(H,24,25)(H,26,27). The largest absolute Gasteiger partial charge is 0.480 e. The van der Waals surface area contributed by atoms with Crippen molar-refractivity contribution in [3.63, 3.8) is 0 Å². The van der Waals surface area contributed by atoms with Gasteiger partial charge in [-0.15, -0.1) is 0 Å². The van der Waals surface area contributed by atoms with Gasteiger partial charge in [0.2, 0.25) is 5.91 Å². The molecule has 30 heavy (non-hydrogen) atoms. The average molecular weight is 429 g/mol. The molecule has 2 aromatic carbocycles. The summed E-state index contributed by atoms with van der Waals surface area (Å²) >= 11 is 1.50. The zero-order valence-electron chi connectivity index (χ0n) is 16.6. The SMILES string of the molecule is CSCCC(NC(=O)CNC(=O)OCC1c2ccccc2-c2ccccc21)C(=O)O. The highest BCUT2D eigenvalue weighted by atomic mass is 32.2. The van der Waals surface area contributed by atoms with Crippen LogP contribution in [0.2, 0.25) is 0 Å². The molecule has 0 aromatic heterocycles. The van der Waals surface area contributed by atoms with Crippen molar-refractivity contribution in [1.29, 1.82) is 0 Å². The first-order chi connectivity index (χ1) is 14.5. The molecule has 2 aromatic rings. The Labute approximate surface area is 179 Å². The minimum atomic E-state index is -1.10. The number of amides is 2. The van der Waals surface area contributed by atoms with E-state index in [0.29, 0.717) is 12.2 Å². The van der Waals surface area contributed by atoms with E-state index < -0.39 is 24.0 Å². The maximum Gasteiger partial charge on any atom is 0.407 e. The molecule has 0 bridgehead atoms. The van der Waals surface area contributed by atoms with Crippen LogP contribution in [0.1, 0.15) is 23.5 Å². The Morgan fingerprint density at radius 2 is 1.67 bits per heavy atom. The number of rotatable bonds is 9. The smallest absolute Gasteiger partial charge is 0.407 e. The van der Waals surface area contributed by atoms with Crippen LogP contribution in [0.15, 0.2) is 48.5 Å². The van der Waals surface area contributed by atoms with Crippen LogP contribution in [0, 0.1) is 0 Å². The van der Waals surface area contributed by atoms with Crippen LogP contribution in [0.5, 0.6) is 0 Å². The Hall–Kier alpha value is -3.00. The van der Waals surface area contributed by atoms with Crippen molar-refractivity contribution < 1.29 is 24.2 Å². The van der Waals surface area contributed by atoms with Gasteiger partial charge < -0.3 is 20.5 Å². The fraction of sp³-hybridized carbons (Fsp3) is 0.318. The molecule has 0 fully saturated rings. The summed E-state index contributed by atoms with van der Waals surface area (Å²) < 4.78 is 5.36. The van der Waals surface area contributed by atoms with E-state index in [0.717, 1.165) is 22.3 Å². The molecule has 0 saturated heterocycles. The Balaban J connectivity index is 1.52. The van der Waals surface area contributed by atoms with Gasteiger partial charge in [0.15, 0.2) is 0 Å². The molecule has 7 nitrogen and oxygen atoms in total. The van der Waals surface area contributed by atoms with E-state index in [1.54, 1.807) is 0 Å². The number of aliphatic carboxylic acids is 1. The van der Waals surface area contributed by atoms with Crippen molar-refractivity contribution >= 4 is 29.7 Å². The molecule has 1 unspecified atom stereocenters. The lowest BCUT2D eigenvalue weighted by atomic mass is 9.98. The third kappa shape index (κ3) is 5.13. The highest BCUT2D eigenvalue weighted by Gasteiger charge is 2.29. The number of benzene rings is 2. The number of carbonyl (C=O) groups excluding carboxylic acids is 2. The van der Waals surface area contributed by atoms with Gasteiger partial charge in [-0.3, -0.25) is 4.79 Å². The number of alkyl carbamates (subject to hydrolysis) is 1. The van der Waals surface area contributed by atoms with Crippen molar-refractivity contribution in [3.8, 4) is 11.1 Å².